The van der Waals surface area contributed by atoms with Crippen molar-refractivity contribution < 1.29 is 16.5 Å². The van der Waals surface area contributed by atoms with E-state index < -0.39 is 42.6 Å². The average molecular weight is 387 g/mol. The van der Waals surface area contributed by atoms with E-state index in [0.717, 1.165) is 0 Å². The lowest BCUT2D eigenvalue weighted by Crippen LogP contribution is -2.61. The van der Waals surface area contributed by atoms with Crippen molar-refractivity contribution in [3.8, 4) is 0 Å². The second-order valence-corrected chi connectivity index (χ2v) is 25.9. The summed E-state index contributed by atoms with van der Waals surface area (Å²) < 4.78 is 24.6. The maximum absolute atomic E-state index is 6.27. The highest BCUT2D eigenvalue weighted by atomic mass is 28.5. The van der Waals surface area contributed by atoms with E-state index in [1.807, 2.05) is 65.5 Å². The highest BCUT2D eigenvalue weighted by Gasteiger charge is 2.44. The van der Waals surface area contributed by atoms with Gasteiger partial charge in [0, 0.05) is 0 Å². The molecule has 0 heterocycles. The monoisotopic (exact) mass is 386 g/mol. The fourth-order valence-electron chi connectivity index (χ4n) is 2.51. The Morgan fingerprint density at radius 1 is 0.429 bits per heavy atom. The third-order valence-electron chi connectivity index (χ3n) is 2.00. The minimum absolute atomic E-state index is 1.96. The van der Waals surface area contributed by atoms with E-state index in [0.29, 0.717) is 0 Å². The van der Waals surface area contributed by atoms with Crippen LogP contribution >= 0.6 is 0 Å². The van der Waals surface area contributed by atoms with Crippen LogP contribution < -0.4 is 10.8 Å². The maximum Gasteiger partial charge on any atom is 0.314 e. The summed E-state index contributed by atoms with van der Waals surface area (Å²) in [6.45, 7) is 20.0. The standard InChI is InChI=1S/C10H34N2O4Si5/c1-17(2,11)13-19(5,6)15-21(9,10)16-20(7,8)14-18(3,4)12/h11-12H2,1-10H3. The Morgan fingerprint density at radius 3 is 0.810 bits per heavy atom. The molecular weight excluding hydrogens is 353 g/mol. The van der Waals surface area contributed by atoms with Gasteiger partial charge in [-0.25, -0.2) is 0 Å². The molecule has 6 nitrogen and oxygen atoms in total. The number of nitrogens with two attached hydrogens (primary N) is 2. The third-order valence-corrected chi connectivity index (χ3v) is 18.0. The molecule has 0 aliphatic carbocycles. The van der Waals surface area contributed by atoms with Gasteiger partial charge in [-0.05, 0) is 65.5 Å². The number of hydrogen-bond donors (Lipinski definition) is 2. The van der Waals surface area contributed by atoms with Crippen molar-refractivity contribution in [2.75, 3.05) is 0 Å². The van der Waals surface area contributed by atoms with Gasteiger partial charge >= 0.3 is 25.7 Å². The largest absolute Gasteiger partial charge is 0.424 e. The SMILES string of the molecule is C[Si](C)(N)O[Si](C)(C)O[Si](C)(C)O[Si](C)(C)O[Si](C)(C)N. The second-order valence-electron chi connectivity index (χ2n) is 7.81. The summed E-state index contributed by atoms with van der Waals surface area (Å²) in [5, 5.41) is 12.1. The number of hydrogen-bond acceptors (Lipinski definition) is 6. The Balaban J connectivity index is 4.83. The van der Waals surface area contributed by atoms with Crippen molar-refractivity contribution in [1.29, 1.82) is 0 Å². The van der Waals surface area contributed by atoms with Crippen molar-refractivity contribution in [2.45, 2.75) is 65.5 Å². The molecule has 0 bridgehead atoms. The van der Waals surface area contributed by atoms with E-state index in [-0.39, 0.29) is 0 Å². The van der Waals surface area contributed by atoms with Gasteiger partial charge in [0.1, 0.15) is 0 Å². The minimum Gasteiger partial charge on any atom is -0.424 e. The summed E-state index contributed by atoms with van der Waals surface area (Å²) in [5.74, 6) is 0. The van der Waals surface area contributed by atoms with Gasteiger partial charge in [-0.2, -0.15) is 0 Å². The molecule has 0 atom stereocenters. The van der Waals surface area contributed by atoms with Crippen molar-refractivity contribution >= 4 is 42.6 Å². The lowest BCUT2D eigenvalue weighted by Gasteiger charge is -2.41. The van der Waals surface area contributed by atoms with Crippen LogP contribution in [0.25, 0.3) is 0 Å². The summed E-state index contributed by atoms with van der Waals surface area (Å²) >= 11 is 0. The van der Waals surface area contributed by atoms with Gasteiger partial charge in [0.15, 0.2) is 0 Å². The van der Waals surface area contributed by atoms with E-state index in [4.69, 9.17) is 27.3 Å². The Labute approximate surface area is 135 Å². The first kappa shape index (κ1) is 21.8. The molecule has 0 saturated heterocycles. The normalized spacial score (nSPS) is 15.4. The van der Waals surface area contributed by atoms with Crippen LogP contribution in [0.1, 0.15) is 0 Å². The summed E-state index contributed by atoms with van der Waals surface area (Å²) in [6.07, 6.45) is 0. The molecule has 0 unspecified atom stereocenters. The van der Waals surface area contributed by atoms with E-state index in [9.17, 15) is 0 Å². The third kappa shape index (κ3) is 12.0. The topological polar surface area (TPSA) is 89.0 Å². The van der Waals surface area contributed by atoms with Gasteiger partial charge in [-0.1, -0.05) is 0 Å². The first-order chi connectivity index (χ1) is 8.83. The molecule has 128 valence electrons. The molecule has 0 aromatic carbocycles. The molecule has 0 aliphatic heterocycles. The summed E-state index contributed by atoms with van der Waals surface area (Å²) in [4.78, 5) is 0. The molecule has 4 N–H and O–H groups in total. The Bertz CT molecular complexity index is 320. The summed E-state index contributed by atoms with van der Waals surface area (Å²) in [6, 6.07) is 0. The molecule has 0 radical (unpaired) electrons. The predicted molar refractivity (Wildman–Crippen MR) is 100 cm³/mol. The van der Waals surface area contributed by atoms with Crippen LogP contribution in [0.15, 0.2) is 0 Å². The Kier molecular flexibility index (Phi) is 7.03. The van der Waals surface area contributed by atoms with Crippen LogP contribution in [0.5, 0.6) is 0 Å². The minimum atomic E-state index is -2.37. The molecule has 0 spiro atoms. The van der Waals surface area contributed by atoms with Gasteiger partial charge in [0.2, 0.25) is 0 Å². The zero-order valence-electron chi connectivity index (χ0n) is 15.3. The lowest BCUT2D eigenvalue weighted by molar-refractivity contribution is 0.298. The zero-order valence-corrected chi connectivity index (χ0v) is 20.3. The fraction of sp³-hybridized carbons (Fsp3) is 1.00. The summed E-state index contributed by atoms with van der Waals surface area (Å²) in [7, 11) is -11.2. The number of rotatable bonds is 8. The second kappa shape index (κ2) is 6.76. The molecule has 0 saturated carbocycles. The van der Waals surface area contributed by atoms with Crippen molar-refractivity contribution in [3.05, 3.63) is 0 Å². The molecule has 0 aromatic rings. The van der Waals surface area contributed by atoms with E-state index in [2.05, 4.69) is 0 Å². The summed E-state index contributed by atoms with van der Waals surface area (Å²) in [5.41, 5.74) is 0. The van der Waals surface area contributed by atoms with Crippen molar-refractivity contribution in [2.24, 2.45) is 10.8 Å². The zero-order chi connectivity index (χ0) is 17.3. The quantitative estimate of drug-likeness (QED) is 0.623. The first-order valence-corrected chi connectivity index (χ1v) is 21.6. The van der Waals surface area contributed by atoms with Gasteiger partial charge in [-0.3, -0.25) is 0 Å². The average Bonchev–Trinajstić information content (AvgIpc) is 1.83. The Morgan fingerprint density at radius 2 is 0.619 bits per heavy atom. The van der Waals surface area contributed by atoms with E-state index in [1.165, 1.54) is 0 Å². The molecule has 0 rings (SSSR count). The first-order valence-electron chi connectivity index (χ1n) is 7.21. The Hall–Kier alpha value is 0.844. The molecule has 21 heavy (non-hydrogen) atoms. The van der Waals surface area contributed by atoms with Crippen molar-refractivity contribution in [1.82, 2.24) is 0 Å². The molecule has 0 fully saturated rings. The van der Waals surface area contributed by atoms with Crippen LogP contribution in [-0.2, 0) is 16.5 Å². The fourth-order valence-corrected chi connectivity index (χ4v) is 23.7. The molecule has 0 amide bonds. The maximum atomic E-state index is 6.27. The predicted octanol–water partition coefficient (Wildman–Crippen LogP) is 2.48. The highest BCUT2D eigenvalue weighted by Crippen LogP contribution is 2.24. The van der Waals surface area contributed by atoms with Crippen LogP contribution in [-0.4, -0.2) is 42.6 Å². The highest BCUT2D eigenvalue weighted by molar-refractivity contribution is 6.89. The molecule has 0 aliphatic rings. The van der Waals surface area contributed by atoms with E-state index in [1.54, 1.807) is 0 Å². The van der Waals surface area contributed by atoms with Crippen LogP contribution in [0.3, 0.4) is 0 Å². The van der Waals surface area contributed by atoms with Gasteiger partial charge < -0.3 is 27.3 Å². The van der Waals surface area contributed by atoms with Gasteiger partial charge in [0.05, 0.1) is 0 Å². The van der Waals surface area contributed by atoms with Gasteiger partial charge in [0.25, 0.3) is 17.0 Å². The smallest absolute Gasteiger partial charge is 0.314 e. The van der Waals surface area contributed by atoms with E-state index >= 15 is 0 Å². The molecular formula is C10H34N2O4Si5. The van der Waals surface area contributed by atoms with Crippen LogP contribution in [0.4, 0.5) is 0 Å². The van der Waals surface area contributed by atoms with Crippen LogP contribution in [0.2, 0.25) is 65.5 Å². The molecule has 0 aromatic heterocycles. The molecule has 11 heteroatoms. The lowest BCUT2D eigenvalue weighted by atomic mass is 11.9. The van der Waals surface area contributed by atoms with Crippen molar-refractivity contribution in [3.63, 3.8) is 0 Å². The van der Waals surface area contributed by atoms with Gasteiger partial charge in [-0.15, -0.1) is 0 Å². The van der Waals surface area contributed by atoms with Crippen LogP contribution in [0, 0.1) is 0 Å².